The van der Waals surface area contributed by atoms with Crippen LogP contribution in [0.25, 0.3) is 0 Å². The van der Waals surface area contributed by atoms with Crippen molar-refractivity contribution in [2.75, 3.05) is 12.4 Å². The van der Waals surface area contributed by atoms with Gasteiger partial charge in [0.15, 0.2) is 0 Å². The summed E-state index contributed by atoms with van der Waals surface area (Å²) in [5.74, 6) is 3.27. The minimum Gasteiger partial charge on any atom is -0.497 e. The number of nitrogens with zero attached hydrogens (tertiary/aromatic N) is 2. The summed E-state index contributed by atoms with van der Waals surface area (Å²) in [7, 11) is 1.67. The first-order valence-corrected chi connectivity index (χ1v) is 11.2. The van der Waals surface area contributed by atoms with Crippen LogP contribution < -0.4 is 15.4 Å². The van der Waals surface area contributed by atoms with Gasteiger partial charge in [-0.25, -0.2) is 4.79 Å². The van der Waals surface area contributed by atoms with Gasteiger partial charge in [-0.1, -0.05) is 12.1 Å². The molecule has 0 atom stereocenters. The molecular weight excluding hydrogens is 376 g/mol. The number of hydrogen-bond donors (Lipinski definition) is 2. The second kappa shape index (κ2) is 7.33. The van der Waals surface area contributed by atoms with Crippen molar-refractivity contribution in [1.82, 2.24) is 15.1 Å². The molecule has 2 aromatic rings. The quantitative estimate of drug-likeness (QED) is 0.757. The second-order valence-electron chi connectivity index (χ2n) is 9.83. The molecule has 0 aliphatic heterocycles. The van der Waals surface area contributed by atoms with Gasteiger partial charge in [-0.05, 0) is 87.8 Å². The number of aromatic nitrogens is 2. The SMILES string of the molecule is COc1cccc(Cn2nc(C)c(NC(=O)NC34CC5CC(CC(C5)C3)C4)c2C)c1. The summed E-state index contributed by atoms with van der Waals surface area (Å²) in [6.07, 6.45) is 7.58. The Morgan fingerprint density at radius 2 is 1.83 bits per heavy atom. The Kier molecular flexibility index (Phi) is 4.75. The minimum atomic E-state index is -0.0796. The Bertz CT molecular complexity index is 929. The first-order valence-electron chi connectivity index (χ1n) is 11.2. The van der Waals surface area contributed by atoms with Crippen LogP contribution in [0.4, 0.5) is 10.5 Å². The predicted octanol–water partition coefficient (Wildman–Crippen LogP) is 4.65. The van der Waals surface area contributed by atoms with Gasteiger partial charge in [0.05, 0.1) is 30.7 Å². The molecule has 4 aliphatic carbocycles. The molecule has 30 heavy (non-hydrogen) atoms. The zero-order valence-corrected chi connectivity index (χ0v) is 18.2. The fourth-order valence-corrected chi connectivity index (χ4v) is 6.62. The molecule has 2 N–H and O–H groups in total. The van der Waals surface area contributed by atoms with Crippen molar-refractivity contribution < 1.29 is 9.53 Å². The summed E-state index contributed by atoms with van der Waals surface area (Å²) in [6.45, 7) is 4.61. The van der Waals surface area contributed by atoms with E-state index in [1.807, 2.05) is 36.7 Å². The summed E-state index contributed by atoms with van der Waals surface area (Å²) in [5.41, 5.74) is 3.76. The van der Waals surface area contributed by atoms with E-state index >= 15 is 0 Å². The van der Waals surface area contributed by atoms with Gasteiger partial charge in [0.25, 0.3) is 0 Å². The summed E-state index contributed by atoms with van der Waals surface area (Å²) in [5, 5.41) is 11.2. The van der Waals surface area contributed by atoms with Crippen LogP contribution in [0, 0.1) is 31.6 Å². The highest BCUT2D eigenvalue weighted by atomic mass is 16.5. The molecule has 0 saturated heterocycles. The van der Waals surface area contributed by atoms with E-state index in [9.17, 15) is 4.79 Å². The Hall–Kier alpha value is -2.50. The first-order chi connectivity index (χ1) is 14.4. The molecule has 160 valence electrons. The van der Waals surface area contributed by atoms with Crippen LogP contribution in [0.2, 0.25) is 0 Å². The number of benzene rings is 1. The number of amides is 2. The van der Waals surface area contributed by atoms with Crippen molar-refractivity contribution >= 4 is 11.7 Å². The maximum atomic E-state index is 13.0. The molecule has 0 spiro atoms. The zero-order valence-electron chi connectivity index (χ0n) is 18.2. The summed E-state index contributed by atoms with van der Waals surface area (Å²) < 4.78 is 7.27. The molecule has 6 rings (SSSR count). The monoisotopic (exact) mass is 408 g/mol. The third-order valence-corrected chi connectivity index (χ3v) is 7.50. The number of carbonyl (C=O) groups excluding carboxylic acids is 1. The molecule has 1 aromatic carbocycles. The van der Waals surface area contributed by atoms with Gasteiger partial charge < -0.3 is 15.4 Å². The normalized spacial score (nSPS) is 29.1. The summed E-state index contributed by atoms with van der Waals surface area (Å²) >= 11 is 0. The van der Waals surface area contributed by atoms with Crippen molar-refractivity contribution in [2.45, 2.75) is 64.5 Å². The molecule has 4 aliphatic rings. The van der Waals surface area contributed by atoms with Crippen LogP contribution in [0.5, 0.6) is 5.75 Å². The first kappa shape index (κ1) is 19.5. The molecule has 4 saturated carbocycles. The molecule has 4 fully saturated rings. The molecular formula is C24H32N4O2. The number of ether oxygens (including phenoxy) is 1. The van der Waals surface area contributed by atoms with Crippen molar-refractivity contribution in [2.24, 2.45) is 17.8 Å². The van der Waals surface area contributed by atoms with Crippen molar-refractivity contribution in [3.05, 3.63) is 41.2 Å². The number of carbonyl (C=O) groups is 1. The standard InChI is InChI=1S/C24H32N4O2/c1-15-22(16(2)28(27-15)14-17-5-4-6-21(10-17)30-3)25-23(29)26-24-11-18-7-19(12-24)9-20(8-18)13-24/h4-6,10,18-20H,7-9,11-14H2,1-3H3,(H2,25,26,29). The van der Waals surface area contributed by atoms with E-state index in [2.05, 4.69) is 21.8 Å². The van der Waals surface area contributed by atoms with Gasteiger partial charge in [0.2, 0.25) is 0 Å². The molecule has 2 amide bonds. The molecule has 1 heterocycles. The number of urea groups is 1. The number of aryl methyl sites for hydroxylation is 1. The number of rotatable bonds is 5. The van der Waals surface area contributed by atoms with E-state index < -0.39 is 0 Å². The maximum absolute atomic E-state index is 13.0. The predicted molar refractivity (Wildman–Crippen MR) is 117 cm³/mol. The Labute approximate surface area is 178 Å². The molecule has 1 aromatic heterocycles. The van der Waals surface area contributed by atoms with Crippen LogP contribution in [0.15, 0.2) is 24.3 Å². The molecule has 6 heteroatoms. The van der Waals surface area contributed by atoms with E-state index in [4.69, 9.17) is 4.74 Å². The van der Waals surface area contributed by atoms with Gasteiger partial charge in [0.1, 0.15) is 5.75 Å². The number of anilines is 1. The van der Waals surface area contributed by atoms with Gasteiger partial charge in [-0.2, -0.15) is 5.10 Å². The fraction of sp³-hybridized carbons (Fsp3) is 0.583. The third-order valence-electron chi connectivity index (χ3n) is 7.50. The average molecular weight is 409 g/mol. The second-order valence-corrected chi connectivity index (χ2v) is 9.83. The van der Waals surface area contributed by atoms with E-state index in [1.165, 1.54) is 19.3 Å². The highest BCUT2D eigenvalue weighted by Crippen LogP contribution is 2.55. The molecule has 0 radical (unpaired) electrons. The van der Waals surface area contributed by atoms with Gasteiger partial charge in [-0.15, -0.1) is 0 Å². The van der Waals surface area contributed by atoms with Crippen molar-refractivity contribution in [3.8, 4) is 5.75 Å². The van der Waals surface area contributed by atoms with Crippen LogP contribution in [0.1, 0.15) is 55.5 Å². The minimum absolute atomic E-state index is 0.0111. The largest absolute Gasteiger partial charge is 0.497 e. The summed E-state index contributed by atoms with van der Waals surface area (Å²) in [6, 6.07) is 7.92. The maximum Gasteiger partial charge on any atom is 0.319 e. The van der Waals surface area contributed by atoms with Gasteiger partial charge in [-0.3, -0.25) is 4.68 Å². The van der Waals surface area contributed by atoms with E-state index in [-0.39, 0.29) is 11.6 Å². The smallest absolute Gasteiger partial charge is 0.319 e. The van der Waals surface area contributed by atoms with Crippen molar-refractivity contribution in [3.63, 3.8) is 0 Å². The number of methoxy groups -OCH3 is 1. The lowest BCUT2D eigenvalue weighted by Crippen LogP contribution is -2.60. The van der Waals surface area contributed by atoms with Crippen LogP contribution in [0.3, 0.4) is 0 Å². The molecule has 4 bridgehead atoms. The lowest BCUT2D eigenvalue weighted by atomic mass is 9.53. The fourth-order valence-electron chi connectivity index (χ4n) is 6.62. The highest BCUT2D eigenvalue weighted by Gasteiger charge is 2.51. The van der Waals surface area contributed by atoms with Gasteiger partial charge in [0, 0.05) is 5.54 Å². The van der Waals surface area contributed by atoms with Crippen molar-refractivity contribution in [1.29, 1.82) is 0 Å². The van der Waals surface area contributed by atoms with E-state index in [0.717, 1.165) is 65.4 Å². The average Bonchev–Trinajstić information content (AvgIpc) is 2.94. The zero-order chi connectivity index (χ0) is 20.9. The Morgan fingerprint density at radius 1 is 1.17 bits per heavy atom. The lowest BCUT2D eigenvalue weighted by Gasteiger charge is -2.56. The van der Waals surface area contributed by atoms with Gasteiger partial charge >= 0.3 is 6.03 Å². The van der Waals surface area contributed by atoms with E-state index in [1.54, 1.807) is 7.11 Å². The molecule has 6 nitrogen and oxygen atoms in total. The van der Waals surface area contributed by atoms with Crippen LogP contribution >= 0.6 is 0 Å². The number of hydrogen-bond acceptors (Lipinski definition) is 3. The Balaban J connectivity index is 1.29. The van der Waals surface area contributed by atoms with Crippen LogP contribution in [-0.2, 0) is 6.54 Å². The van der Waals surface area contributed by atoms with Crippen LogP contribution in [-0.4, -0.2) is 28.5 Å². The third kappa shape index (κ3) is 3.57. The summed E-state index contributed by atoms with van der Waals surface area (Å²) in [4.78, 5) is 13.0. The topological polar surface area (TPSA) is 68.2 Å². The van der Waals surface area contributed by atoms with E-state index in [0.29, 0.717) is 6.54 Å². The Morgan fingerprint density at radius 3 is 2.47 bits per heavy atom. The molecule has 0 unspecified atom stereocenters. The number of nitrogens with one attached hydrogen (secondary N) is 2. The lowest BCUT2D eigenvalue weighted by molar-refractivity contribution is -0.0127. The highest BCUT2D eigenvalue weighted by molar-refractivity contribution is 5.91.